The van der Waals surface area contributed by atoms with Crippen LogP contribution in [0, 0.1) is 11.3 Å². The first-order valence-corrected chi connectivity index (χ1v) is 13.7. The molecule has 0 bridgehead atoms. The van der Waals surface area contributed by atoms with Crippen molar-refractivity contribution in [3.05, 3.63) is 107 Å². The average Bonchev–Trinajstić information content (AvgIpc) is 2.94. The fraction of sp³-hybridized carbons (Fsp3) is 0.344. The number of aliphatic hydroxyl groups is 1. The second kappa shape index (κ2) is 13.2. The van der Waals surface area contributed by atoms with E-state index in [0.29, 0.717) is 22.7 Å². The lowest BCUT2D eigenvalue weighted by Crippen LogP contribution is -2.56. The van der Waals surface area contributed by atoms with Gasteiger partial charge in [-0.3, -0.25) is 14.6 Å². The van der Waals surface area contributed by atoms with Crippen LogP contribution in [0.25, 0.3) is 0 Å². The molecule has 0 saturated heterocycles. The SMILES string of the molecule is CC1=NC(COCCO)C(CCC(c2ccccc2)c2ccccc2)(C(=O)O)C(c2cccc(Cl)c2)C1C(=O)O. The summed E-state index contributed by atoms with van der Waals surface area (Å²) in [6.45, 7) is 1.34. The number of aliphatic hydroxyl groups excluding tert-OH is 1. The van der Waals surface area contributed by atoms with E-state index in [0.717, 1.165) is 11.1 Å². The normalized spacial score (nSPS) is 22.6. The molecule has 1 aliphatic rings. The van der Waals surface area contributed by atoms with Crippen LogP contribution in [0.4, 0.5) is 0 Å². The Morgan fingerprint density at radius 2 is 1.60 bits per heavy atom. The minimum atomic E-state index is -1.63. The lowest BCUT2D eigenvalue weighted by molar-refractivity contribution is -0.158. The van der Waals surface area contributed by atoms with Crippen molar-refractivity contribution in [1.29, 1.82) is 0 Å². The summed E-state index contributed by atoms with van der Waals surface area (Å²) in [6.07, 6.45) is 0.552. The Kier molecular flexibility index (Phi) is 9.74. The number of aliphatic imine (C=N–C) groups is 1. The van der Waals surface area contributed by atoms with Gasteiger partial charge in [0, 0.05) is 22.6 Å². The molecule has 0 aromatic heterocycles. The number of nitrogens with zero attached hydrogens (tertiary/aromatic N) is 1. The maximum atomic E-state index is 13.5. The zero-order valence-electron chi connectivity index (χ0n) is 22.3. The molecule has 4 atom stereocenters. The lowest BCUT2D eigenvalue weighted by Gasteiger charge is -2.48. The highest BCUT2D eigenvalue weighted by Crippen LogP contribution is 2.53. The van der Waals surface area contributed by atoms with E-state index in [1.54, 1.807) is 31.2 Å². The van der Waals surface area contributed by atoms with E-state index >= 15 is 0 Å². The number of hydrogen-bond acceptors (Lipinski definition) is 5. The second-order valence-electron chi connectivity index (χ2n) is 10.2. The summed E-state index contributed by atoms with van der Waals surface area (Å²) in [5.41, 5.74) is 1.29. The van der Waals surface area contributed by atoms with Crippen LogP contribution < -0.4 is 0 Å². The van der Waals surface area contributed by atoms with Crippen molar-refractivity contribution in [1.82, 2.24) is 0 Å². The van der Waals surface area contributed by atoms with E-state index in [2.05, 4.69) is 4.99 Å². The smallest absolute Gasteiger partial charge is 0.312 e. The molecule has 0 radical (unpaired) electrons. The van der Waals surface area contributed by atoms with Crippen LogP contribution in [0.15, 0.2) is 89.9 Å². The molecule has 4 unspecified atom stereocenters. The molecule has 8 heteroatoms. The first kappa shape index (κ1) is 29.5. The van der Waals surface area contributed by atoms with Crippen LogP contribution in [0.5, 0.6) is 0 Å². The van der Waals surface area contributed by atoms with E-state index in [4.69, 9.17) is 16.3 Å². The van der Waals surface area contributed by atoms with Crippen LogP contribution in [0.3, 0.4) is 0 Å². The third kappa shape index (κ3) is 6.12. The van der Waals surface area contributed by atoms with Crippen LogP contribution in [-0.2, 0) is 14.3 Å². The van der Waals surface area contributed by atoms with Gasteiger partial charge in [0.1, 0.15) is 11.3 Å². The first-order chi connectivity index (χ1) is 19.3. The maximum absolute atomic E-state index is 13.5. The third-order valence-electron chi connectivity index (χ3n) is 7.93. The van der Waals surface area contributed by atoms with Crippen molar-refractivity contribution >= 4 is 29.3 Å². The molecule has 0 amide bonds. The van der Waals surface area contributed by atoms with Gasteiger partial charge in [0.2, 0.25) is 0 Å². The summed E-state index contributed by atoms with van der Waals surface area (Å²) in [6, 6.07) is 25.6. The summed E-state index contributed by atoms with van der Waals surface area (Å²) in [7, 11) is 0. The zero-order valence-corrected chi connectivity index (χ0v) is 23.1. The number of benzene rings is 3. The predicted molar refractivity (Wildman–Crippen MR) is 154 cm³/mol. The van der Waals surface area contributed by atoms with Gasteiger partial charge in [-0.15, -0.1) is 0 Å². The molecule has 0 aliphatic carbocycles. The molecule has 210 valence electrons. The van der Waals surface area contributed by atoms with Gasteiger partial charge in [-0.2, -0.15) is 0 Å². The van der Waals surface area contributed by atoms with Crippen molar-refractivity contribution in [3.8, 4) is 0 Å². The number of ether oxygens (including phenoxy) is 1. The highest BCUT2D eigenvalue weighted by Gasteiger charge is 2.59. The number of rotatable bonds is 12. The summed E-state index contributed by atoms with van der Waals surface area (Å²) in [5.74, 6) is -4.55. The zero-order chi connectivity index (χ0) is 28.7. The molecule has 3 aromatic carbocycles. The summed E-state index contributed by atoms with van der Waals surface area (Å²) in [5, 5.41) is 31.2. The van der Waals surface area contributed by atoms with Crippen LogP contribution in [-0.4, -0.2) is 58.8 Å². The van der Waals surface area contributed by atoms with Crippen LogP contribution in [0.1, 0.15) is 48.3 Å². The van der Waals surface area contributed by atoms with E-state index in [1.807, 2.05) is 60.7 Å². The molecule has 1 heterocycles. The summed E-state index contributed by atoms with van der Waals surface area (Å²) in [4.78, 5) is 30.9. The van der Waals surface area contributed by atoms with Gasteiger partial charge in [-0.05, 0) is 48.6 Å². The Balaban J connectivity index is 1.88. The van der Waals surface area contributed by atoms with Crippen molar-refractivity contribution in [2.75, 3.05) is 19.8 Å². The van der Waals surface area contributed by atoms with Gasteiger partial charge < -0.3 is 20.1 Å². The maximum Gasteiger partial charge on any atom is 0.312 e. The minimum Gasteiger partial charge on any atom is -0.481 e. The van der Waals surface area contributed by atoms with Gasteiger partial charge in [0.05, 0.1) is 25.9 Å². The third-order valence-corrected chi connectivity index (χ3v) is 8.16. The van der Waals surface area contributed by atoms with E-state index in [-0.39, 0.29) is 32.2 Å². The fourth-order valence-electron chi connectivity index (χ4n) is 6.13. The molecule has 4 rings (SSSR count). The Morgan fingerprint density at radius 3 is 2.12 bits per heavy atom. The van der Waals surface area contributed by atoms with Crippen molar-refractivity contribution in [2.24, 2.45) is 16.3 Å². The molecule has 3 aromatic rings. The van der Waals surface area contributed by atoms with Gasteiger partial charge >= 0.3 is 11.9 Å². The fourth-order valence-corrected chi connectivity index (χ4v) is 6.33. The quantitative estimate of drug-likeness (QED) is 0.245. The van der Waals surface area contributed by atoms with Crippen LogP contribution >= 0.6 is 11.6 Å². The Labute approximate surface area is 239 Å². The van der Waals surface area contributed by atoms with Gasteiger partial charge in [0.25, 0.3) is 0 Å². The van der Waals surface area contributed by atoms with E-state index in [9.17, 15) is 24.9 Å². The standard InChI is InChI=1S/C32H34ClNO6/c1-21-28(30(36)37)29(24-13-8-14-25(33)19-24)32(31(38)39,27(34-21)20-40-18-17-35)16-15-26(22-9-4-2-5-10-22)23-11-6-3-7-12-23/h2-14,19,26-29,35H,15-18,20H2,1H3,(H,36,37)(H,38,39). The minimum absolute atomic E-state index is 0.0155. The highest BCUT2D eigenvalue weighted by molar-refractivity contribution is 6.30. The van der Waals surface area contributed by atoms with Crippen molar-refractivity contribution in [3.63, 3.8) is 0 Å². The number of hydrogen-bond donors (Lipinski definition) is 3. The molecular weight excluding hydrogens is 530 g/mol. The van der Waals surface area contributed by atoms with Gasteiger partial charge in [-0.1, -0.05) is 84.4 Å². The van der Waals surface area contributed by atoms with E-state index < -0.39 is 35.2 Å². The Bertz CT molecular complexity index is 1290. The number of halogens is 1. The second-order valence-corrected chi connectivity index (χ2v) is 10.6. The number of carboxylic acids is 2. The molecule has 3 N–H and O–H groups in total. The molecule has 0 spiro atoms. The summed E-state index contributed by atoms with van der Waals surface area (Å²) >= 11 is 6.35. The summed E-state index contributed by atoms with van der Waals surface area (Å²) < 4.78 is 5.66. The van der Waals surface area contributed by atoms with Crippen molar-refractivity contribution < 1.29 is 29.6 Å². The van der Waals surface area contributed by atoms with E-state index in [1.165, 1.54) is 0 Å². The van der Waals surface area contributed by atoms with Gasteiger partial charge in [-0.25, -0.2) is 0 Å². The average molecular weight is 564 g/mol. The Morgan fingerprint density at radius 1 is 0.975 bits per heavy atom. The predicted octanol–water partition coefficient (Wildman–Crippen LogP) is 5.66. The lowest BCUT2D eigenvalue weighted by atomic mass is 9.57. The number of aliphatic carboxylic acids is 2. The first-order valence-electron chi connectivity index (χ1n) is 13.3. The molecule has 1 aliphatic heterocycles. The molecule has 0 saturated carbocycles. The molecule has 0 fully saturated rings. The van der Waals surface area contributed by atoms with Crippen LogP contribution in [0.2, 0.25) is 5.02 Å². The molecule has 40 heavy (non-hydrogen) atoms. The highest BCUT2D eigenvalue weighted by atomic mass is 35.5. The number of carboxylic acid groups (broad SMARTS) is 2. The largest absolute Gasteiger partial charge is 0.481 e. The molecular formula is C32H34ClNO6. The topological polar surface area (TPSA) is 116 Å². The monoisotopic (exact) mass is 563 g/mol. The Hall–Kier alpha value is -3.52. The van der Waals surface area contributed by atoms with Gasteiger partial charge in [0.15, 0.2) is 0 Å². The number of carbonyl (C=O) groups is 2. The van der Waals surface area contributed by atoms with Crippen molar-refractivity contribution in [2.45, 2.75) is 37.6 Å². The molecule has 7 nitrogen and oxygen atoms in total.